The summed E-state index contributed by atoms with van der Waals surface area (Å²) in [6.45, 7) is 1.91. The summed E-state index contributed by atoms with van der Waals surface area (Å²) < 4.78 is 13.7. The molecule has 0 spiro atoms. The number of carbonyl (C=O) groups excluding carboxylic acids is 6. The minimum absolute atomic E-state index is 0.0833. The number of nitrogens with zero attached hydrogens (tertiary/aromatic N) is 2. The van der Waals surface area contributed by atoms with Crippen LogP contribution in [0, 0.1) is 0 Å². The molecule has 0 bridgehead atoms. The fraction of sp³-hybridized carbons (Fsp3) is 0.700. The summed E-state index contributed by atoms with van der Waals surface area (Å²) in [6, 6.07) is 0. The van der Waals surface area contributed by atoms with Crippen LogP contribution in [0.15, 0.2) is 0 Å². The molecule has 0 aromatic carbocycles. The molecule has 200 valence electrons. The number of amides is 3. The molecule has 14 heteroatoms. The zero-order valence-electron chi connectivity index (χ0n) is 20.7. The Morgan fingerprint density at radius 2 is 1.21 bits per heavy atom. The van der Waals surface area contributed by atoms with Gasteiger partial charge >= 0.3 is 0 Å². The Balaban J connectivity index is -0.000000161. The van der Waals surface area contributed by atoms with Crippen molar-refractivity contribution in [3.05, 3.63) is 0 Å². The quantitative estimate of drug-likeness (QED) is 0.328. The highest BCUT2D eigenvalue weighted by Crippen LogP contribution is 2.08. The first-order valence-electron chi connectivity index (χ1n) is 9.94. The number of ether oxygens (including phenoxy) is 3. The van der Waals surface area contributed by atoms with Crippen molar-refractivity contribution in [1.82, 2.24) is 15.4 Å². The summed E-state index contributed by atoms with van der Waals surface area (Å²) in [5.74, 6) is 0. The summed E-state index contributed by atoms with van der Waals surface area (Å²) in [4.78, 5) is 66.7. The Morgan fingerprint density at radius 1 is 0.794 bits per heavy atom. The van der Waals surface area contributed by atoms with E-state index in [0.717, 1.165) is 62.9 Å². The molecule has 2 heterocycles. The van der Waals surface area contributed by atoms with Gasteiger partial charge in [-0.2, -0.15) is 0 Å². The highest BCUT2D eigenvalue weighted by Gasteiger charge is 2.13. The molecule has 3 amide bonds. The summed E-state index contributed by atoms with van der Waals surface area (Å²) in [7, 11) is 9.00. The second-order valence-electron chi connectivity index (χ2n) is 6.05. The molecule has 2 atom stereocenters. The number of hydrogen-bond donors (Lipinski definition) is 1. The van der Waals surface area contributed by atoms with Gasteiger partial charge in [0.15, 0.2) is 0 Å². The molecule has 2 rings (SSSR count). The smallest absolute Gasteiger partial charge is 0.292 e. The minimum atomic E-state index is -0.0833. The summed E-state index contributed by atoms with van der Waals surface area (Å²) in [5, 5.41) is 1.07. The van der Waals surface area contributed by atoms with E-state index in [1.807, 2.05) is 5.48 Å². The maximum absolute atomic E-state index is 9.88. The molecule has 14 nitrogen and oxygen atoms in total. The standard InChI is InChI=1S/2C5H8O2.C3H7NO2.C3H7NO.C2H5NO2.C2H4O2/c2*6-4-5-2-1-3-7-5;1-4(3-5)6-2;1-4(2)3-5;1-5-3-2-4;1-4-2-3/h2*4-5H,1-3H2;3H,1-2H3;3H,1-2H3;2H,1H3,(H,3,4);2H,1H3. The molecule has 2 aliphatic heterocycles. The first-order chi connectivity index (χ1) is 16.3. The van der Waals surface area contributed by atoms with E-state index in [2.05, 4.69) is 14.4 Å². The zero-order chi connectivity index (χ0) is 27.0. The molecule has 2 fully saturated rings. The van der Waals surface area contributed by atoms with E-state index in [-0.39, 0.29) is 12.2 Å². The molecule has 2 unspecified atom stereocenters. The summed E-state index contributed by atoms with van der Waals surface area (Å²) in [5.41, 5.74) is 1.93. The van der Waals surface area contributed by atoms with E-state index in [9.17, 15) is 19.2 Å². The fourth-order valence-electron chi connectivity index (χ4n) is 1.51. The third-order valence-electron chi connectivity index (χ3n) is 3.14. The Morgan fingerprint density at radius 3 is 1.26 bits per heavy atom. The predicted molar refractivity (Wildman–Crippen MR) is 120 cm³/mol. The summed E-state index contributed by atoms with van der Waals surface area (Å²) >= 11 is 0. The van der Waals surface area contributed by atoms with Gasteiger partial charge in [0.25, 0.3) is 6.47 Å². The lowest BCUT2D eigenvalue weighted by Gasteiger charge is -2.02. The van der Waals surface area contributed by atoms with Crippen LogP contribution in [0.3, 0.4) is 0 Å². The molecule has 0 aliphatic carbocycles. The highest BCUT2D eigenvalue weighted by atomic mass is 16.7. The molecule has 0 radical (unpaired) electrons. The van der Waals surface area contributed by atoms with Gasteiger partial charge < -0.3 is 28.7 Å². The second kappa shape index (κ2) is 34.7. The maximum atomic E-state index is 9.88. The number of hydrogen-bond acceptors (Lipinski definition) is 11. The predicted octanol–water partition coefficient (Wildman–Crippen LogP) is -0.848. The van der Waals surface area contributed by atoms with Gasteiger partial charge in [-0.3, -0.25) is 28.9 Å². The summed E-state index contributed by atoms with van der Waals surface area (Å²) in [6.07, 6.45) is 7.29. The number of rotatable bonds is 8. The third kappa shape index (κ3) is 39.5. The normalized spacial score (nSPS) is 16.5. The second-order valence-corrected chi connectivity index (χ2v) is 6.05. The van der Waals surface area contributed by atoms with Crippen LogP contribution in [0.4, 0.5) is 0 Å². The molecule has 0 saturated carbocycles. The van der Waals surface area contributed by atoms with Crippen molar-refractivity contribution in [2.45, 2.75) is 37.9 Å². The van der Waals surface area contributed by atoms with E-state index in [1.165, 1.54) is 33.3 Å². The lowest BCUT2D eigenvalue weighted by molar-refractivity contribution is -0.153. The van der Waals surface area contributed by atoms with Crippen LogP contribution in [0.5, 0.6) is 0 Å². The van der Waals surface area contributed by atoms with Gasteiger partial charge in [0.1, 0.15) is 24.8 Å². The molecule has 0 aromatic rings. The van der Waals surface area contributed by atoms with Gasteiger partial charge in [-0.1, -0.05) is 0 Å². The van der Waals surface area contributed by atoms with E-state index in [1.54, 1.807) is 14.1 Å². The van der Waals surface area contributed by atoms with Crippen molar-refractivity contribution in [3.8, 4) is 0 Å². The Bertz CT molecular complexity index is 451. The van der Waals surface area contributed by atoms with E-state index < -0.39 is 0 Å². The monoisotopic (exact) mass is 497 g/mol. The molecule has 34 heavy (non-hydrogen) atoms. The largest absolute Gasteiger partial charge is 0.471 e. The molecular weight excluding hydrogens is 458 g/mol. The van der Waals surface area contributed by atoms with Gasteiger partial charge in [-0.25, -0.2) is 10.5 Å². The number of nitrogens with one attached hydrogen (secondary N) is 1. The number of aldehydes is 2. The Hall–Kier alpha value is -2.94. The Labute approximate surface area is 200 Å². The first-order valence-corrected chi connectivity index (χ1v) is 9.94. The van der Waals surface area contributed by atoms with Gasteiger partial charge in [0.05, 0.1) is 21.3 Å². The van der Waals surface area contributed by atoms with E-state index >= 15 is 0 Å². The topological polar surface area (TPSA) is 167 Å². The van der Waals surface area contributed by atoms with Crippen LogP contribution >= 0.6 is 0 Å². The van der Waals surface area contributed by atoms with Crippen molar-refractivity contribution in [2.24, 2.45) is 0 Å². The van der Waals surface area contributed by atoms with Crippen LogP contribution < -0.4 is 5.48 Å². The third-order valence-corrected chi connectivity index (χ3v) is 3.14. The van der Waals surface area contributed by atoms with Crippen LogP contribution in [-0.4, -0.2) is 116 Å². The van der Waals surface area contributed by atoms with Crippen molar-refractivity contribution in [3.63, 3.8) is 0 Å². The van der Waals surface area contributed by atoms with Crippen LogP contribution in [0.2, 0.25) is 0 Å². The SMILES string of the molecule is CN(C)C=O.COC=O.CON(C)C=O.CONC=O.O=CC1CCCO1.O=CC1CCCO1. The van der Waals surface area contributed by atoms with Crippen LogP contribution in [0.25, 0.3) is 0 Å². The maximum Gasteiger partial charge on any atom is 0.292 e. The van der Waals surface area contributed by atoms with Gasteiger partial charge in [-0.05, 0) is 25.7 Å². The zero-order valence-corrected chi connectivity index (χ0v) is 20.7. The Kier molecular flexibility index (Phi) is 39.1. The van der Waals surface area contributed by atoms with Gasteiger partial charge in [0.2, 0.25) is 19.2 Å². The average molecular weight is 498 g/mol. The van der Waals surface area contributed by atoms with Crippen LogP contribution in [0.1, 0.15) is 25.7 Å². The van der Waals surface area contributed by atoms with Crippen molar-refractivity contribution < 1.29 is 52.7 Å². The van der Waals surface area contributed by atoms with Gasteiger partial charge in [-0.15, -0.1) is 0 Å². The minimum Gasteiger partial charge on any atom is -0.471 e. The molecule has 1 N–H and O–H groups in total. The highest BCUT2D eigenvalue weighted by molar-refractivity contribution is 5.56. The molecule has 2 saturated heterocycles. The molecule has 2 aliphatic rings. The van der Waals surface area contributed by atoms with E-state index in [4.69, 9.17) is 19.1 Å². The fourth-order valence-corrected chi connectivity index (χ4v) is 1.51. The van der Waals surface area contributed by atoms with Gasteiger partial charge in [0, 0.05) is 34.4 Å². The number of carbonyl (C=O) groups is 6. The average Bonchev–Trinajstić information content (AvgIpc) is 3.60. The van der Waals surface area contributed by atoms with Crippen molar-refractivity contribution in [1.29, 1.82) is 0 Å². The molecule has 0 aromatic heterocycles. The molecular formula is C20H39N3O11. The lowest BCUT2D eigenvalue weighted by Crippen LogP contribution is -2.12. The van der Waals surface area contributed by atoms with E-state index in [0.29, 0.717) is 19.3 Å². The first kappa shape index (κ1) is 38.3. The van der Waals surface area contributed by atoms with Crippen LogP contribution in [-0.2, 0) is 52.7 Å². The van der Waals surface area contributed by atoms with Crippen molar-refractivity contribution in [2.75, 3.05) is 55.7 Å². The lowest BCUT2D eigenvalue weighted by atomic mass is 10.3. The van der Waals surface area contributed by atoms with Crippen molar-refractivity contribution >= 4 is 38.3 Å². The number of methoxy groups -OCH3 is 1. The number of hydroxylamine groups is 3.